The number of nitrogens with one attached hydrogen (secondary N) is 2. The first-order valence-corrected chi connectivity index (χ1v) is 25.7. The average molecular weight is 974 g/mol. The molecule has 3 nitrogen and oxygen atoms in total. The van der Waals surface area contributed by atoms with Gasteiger partial charge in [0.25, 0.3) is 0 Å². The Morgan fingerprint density at radius 2 is 1.23 bits per heavy atom. The molecule has 0 amide bonds. The molecule has 2 N–H and O–H groups in total. The Balaban J connectivity index is 1.40. The molecule has 0 aliphatic rings. The number of rotatable bonds is 27. The van der Waals surface area contributed by atoms with Gasteiger partial charge >= 0.3 is 0 Å². The van der Waals surface area contributed by atoms with Crippen LogP contribution in [0.4, 0.5) is 17.1 Å². The zero-order valence-electron chi connectivity index (χ0n) is 42.9. The van der Waals surface area contributed by atoms with Gasteiger partial charge in [-0.3, -0.25) is 0 Å². The monoisotopic (exact) mass is 974 g/mol. The Bertz CT molecular complexity index is 2910. The van der Waals surface area contributed by atoms with E-state index < -0.39 is 0 Å². The first-order chi connectivity index (χ1) is 35.9. The maximum absolute atomic E-state index is 3.91. The summed E-state index contributed by atoms with van der Waals surface area (Å²) in [6.07, 6.45) is 50.7. The molecule has 0 aliphatic heterocycles. The second-order valence-electron chi connectivity index (χ2n) is 16.9. The van der Waals surface area contributed by atoms with Gasteiger partial charge in [-0.2, -0.15) is 0 Å². The van der Waals surface area contributed by atoms with Gasteiger partial charge in [0, 0.05) is 41.7 Å². The third-order valence-electron chi connectivity index (χ3n) is 11.4. The summed E-state index contributed by atoms with van der Waals surface area (Å²) >= 11 is 0. The lowest BCUT2D eigenvalue weighted by Gasteiger charge is -2.24. The summed E-state index contributed by atoms with van der Waals surface area (Å²) in [5.41, 5.74) is 14.8. The van der Waals surface area contributed by atoms with Crippen LogP contribution in [0.1, 0.15) is 62.3 Å². The molecule has 73 heavy (non-hydrogen) atoms. The molecule has 0 aromatic heterocycles. The van der Waals surface area contributed by atoms with Gasteiger partial charge in [0.15, 0.2) is 0 Å². The van der Waals surface area contributed by atoms with Crippen LogP contribution in [0.15, 0.2) is 309 Å². The summed E-state index contributed by atoms with van der Waals surface area (Å²) in [7, 11) is 2.80. The molecule has 4 heteroatoms. The molecule has 0 fully saturated rings. The highest BCUT2D eigenvalue weighted by Gasteiger charge is 2.08. The number of para-hydroxylation sites is 2. The number of anilines is 3. The van der Waals surface area contributed by atoms with Gasteiger partial charge in [0.05, 0.1) is 0 Å². The number of allylic oxidation sites excluding steroid dienone is 24. The molecule has 0 spiro atoms. The zero-order valence-corrected chi connectivity index (χ0v) is 44.1. The van der Waals surface area contributed by atoms with Crippen molar-refractivity contribution in [3.63, 3.8) is 0 Å². The fourth-order valence-corrected chi connectivity index (χ4v) is 7.85. The third-order valence-corrected chi connectivity index (χ3v) is 11.8. The molecule has 1 unspecified atom stereocenters. The highest BCUT2D eigenvalue weighted by molar-refractivity contribution is 7.20. The summed E-state index contributed by atoms with van der Waals surface area (Å²) in [6.45, 7) is 14.8. The van der Waals surface area contributed by atoms with Gasteiger partial charge in [0.1, 0.15) is 0 Å². The lowest BCUT2D eigenvalue weighted by molar-refractivity contribution is 0.973. The molecule has 0 aliphatic carbocycles. The van der Waals surface area contributed by atoms with Crippen molar-refractivity contribution in [1.29, 1.82) is 0 Å². The van der Waals surface area contributed by atoms with Gasteiger partial charge in [-0.25, -0.2) is 0 Å². The number of hydrogen-bond donors (Lipinski definition) is 2. The van der Waals surface area contributed by atoms with E-state index in [0.29, 0.717) is 13.0 Å². The van der Waals surface area contributed by atoms with E-state index in [-0.39, 0.29) is 0 Å². The first kappa shape index (κ1) is 55.7. The van der Waals surface area contributed by atoms with E-state index >= 15 is 0 Å². The largest absolute Gasteiger partial charge is 0.362 e. The molecule has 5 aromatic carbocycles. The molecule has 5 aromatic rings. The predicted molar refractivity (Wildman–Crippen MR) is 329 cm³/mol. The summed E-state index contributed by atoms with van der Waals surface area (Å²) < 4.78 is 0. The van der Waals surface area contributed by atoms with Crippen molar-refractivity contribution in [2.45, 2.75) is 40.0 Å². The van der Waals surface area contributed by atoms with E-state index in [2.05, 4.69) is 246 Å². The SMILES string of the molecule is C=C/C=C\C=C/CN(C(/C=C\CC(/C=C\c1ccc(C(/C=C\C(\C=C/C)=C\C=C)=C/C=C/Nc2ccccc2)cc1)=C/C=C/Nc1ccc(/C(=C/C=C(\C)c2ccccc2)CCC)cc1)=C/P)c1ccccc1. The van der Waals surface area contributed by atoms with Gasteiger partial charge < -0.3 is 15.5 Å². The highest BCUT2D eigenvalue weighted by atomic mass is 31.0. The minimum atomic E-state index is 0.710. The fourth-order valence-electron chi connectivity index (χ4n) is 7.56. The predicted octanol–water partition coefficient (Wildman–Crippen LogP) is 19.3. The molecule has 5 rings (SSSR count). The number of hydrogen-bond acceptors (Lipinski definition) is 3. The van der Waals surface area contributed by atoms with E-state index in [9.17, 15) is 0 Å². The zero-order chi connectivity index (χ0) is 51.6. The minimum Gasteiger partial charge on any atom is -0.362 e. The maximum Gasteiger partial charge on any atom is 0.0415 e. The molecular weight excluding hydrogens is 902 g/mol. The Morgan fingerprint density at radius 3 is 1.89 bits per heavy atom. The Kier molecular flexibility index (Phi) is 25.5. The van der Waals surface area contributed by atoms with Crippen molar-refractivity contribution in [3.8, 4) is 0 Å². The van der Waals surface area contributed by atoms with E-state index in [1.165, 1.54) is 22.3 Å². The molecule has 1 atom stereocenters. The second kappa shape index (κ2) is 33.4. The summed E-state index contributed by atoms with van der Waals surface area (Å²) in [6, 6.07) is 48.6. The smallest absolute Gasteiger partial charge is 0.0415 e. The number of nitrogens with zero attached hydrogens (tertiary/aromatic N) is 1. The van der Waals surface area contributed by atoms with Crippen LogP contribution in [0.2, 0.25) is 0 Å². The van der Waals surface area contributed by atoms with Crippen molar-refractivity contribution in [1.82, 2.24) is 0 Å². The fraction of sp³-hybridized carbons (Fsp3) is 0.101. The molecular formula is C69H72N3P. The summed E-state index contributed by atoms with van der Waals surface area (Å²) in [5.74, 6) is 2.08. The lowest BCUT2D eigenvalue weighted by atomic mass is 9.99. The van der Waals surface area contributed by atoms with E-state index in [4.69, 9.17) is 0 Å². The maximum atomic E-state index is 3.91. The average Bonchev–Trinajstić information content (AvgIpc) is 3.43. The van der Waals surface area contributed by atoms with Gasteiger partial charge in [-0.15, -0.1) is 9.24 Å². The normalized spacial score (nSPS) is 13.6. The lowest BCUT2D eigenvalue weighted by Crippen LogP contribution is -2.21. The molecule has 0 heterocycles. The first-order valence-electron chi connectivity index (χ1n) is 25.1. The molecule has 0 bridgehead atoms. The van der Waals surface area contributed by atoms with Crippen LogP contribution in [0.5, 0.6) is 0 Å². The van der Waals surface area contributed by atoms with Crippen molar-refractivity contribution < 1.29 is 0 Å². The molecule has 368 valence electrons. The van der Waals surface area contributed by atoms with Gasteiger partial charge in [-0.05, 0) is 137 Å². The Hall–Kier alpha value is -8.23. The van der Waals surface area contributed by atoms with E-state index in [1.807, 2.05) is 92.2 Å². The van der Waals surface area contributed by atoms with E-state index in [1.54, 1.807) is 6.08 Å². The molecule has 0 radical (unpaired) electrons. The Morgan fingerprint density at radius 1 is 0.575 bits per heavy atom. The van der Waals surface area contributed by atoms with Crippen LogP contribution in [-0.2, 0) is 0 Å². The van der Waals surface area contributed by atoms with Gasteiger partial charge in [0.2, 0.25) is 0 Å². The summed E-state index contributed by atoms with van der Waals surface area (Å²) in [5, 5.41) is 6.86. The van der Waals surface area contributed by atoms with Crippen molar-refractivity contribution in [3.05, 3.63) is 332 Å². The topological polar surface area (TPSA) is 27.3 Å². The van der Waals surface area contributed by atoms with Crippen molar-refractivity contribution in [2.75, 3.05) is 22.1 Å². The highest BCUT2D eigenvalue weighted by Crippen LogP contribution is 2.26. The van der Waals surface area contributed by atoms with E-state index in [0.717, 1.165) is 63.4 Å². The minimum absolute atomic E-state index is 0.710. The number of benzene rings is 5. The Labute approximate surface area is 440 Å². The van der Waals surface area contributed by atoms with Crippen LogP contribution >= 0.6 is 9.24 Å². The van der Waals surface area contributed by atoms with Gasteiger partial charge in [-0.1, -0.05) is 239 Å². The standard InChI is InChI=1S/C69H72N3P/c1-6-10-11-12-22-55-72(68-36-20-15-21-37-68)69(56-73)38-23-29-59(30-24-53-71-67-51-49-65(50-52-67)62(28-9-4)45-39-57(5)61-31-16-13-17-32-61)40-41-60-43-47-64(48-44-60)63(46-42-58(26-7-2)27-8-3)33-25-54-70-66-34-18-14-19-35-66/h6-8,10-27,30-54,56,70-71H,1-2,9,28-29,55,73H2,3-5H3/b11-10-,22-12-,27-8-,38-23-,41-40-,46-42-,53-24+,54-25+,57-39+,58-26+,59-30-,62-45+,63-33+,69-56+. The van der Waals surface area contributed by atoms with Crippen molar-refractivity contribution >= 4 is 49.1 Å². The third kappa shape index (κ3) is 20.6. The second-order valence-corrected chi connectivity index (χ2v) is 17.2. The quantitative estimate of drug-likeness (QED) is 0.0406. The van der Waals surface area contributed by atoms with Crippen LogP contribution in [0.25, 0.3) is 22.8 Å². The van der Waals surface area contributed by atoms with Crippen LogP contribution in [0, 0.1) is 0 Å². The van der Waals surface area contributed by atoms with Crippen molar-refractivity contribution in [2.24, 2.45) is 0 Å². The molecule has 0 saturated carbocycles. The summed E-state index contributed by atoms with van der Waals surface area (Å²) in [4.78, 5) is 2.30. The van der Waals surface area contributed by atoms with Crippen LogP contribution in [-0.4, -0.2) is 6.54 Å². The van der Waals surface area contributed by atoms with Crippen LogP contribution in [0.3, 0.4) is 0 Å². The molecule has 0 saturated heterocycles. The van der Waals surface area contributed by atoms with Crippen LogP contribution < -0.4 is 15.5 Å².